The first-order chi connectivity index (χ1) is 15.6. The van der Waals surface area contributed by atoms with Gasteiger partial charge in [-0.2, -0.15) is 15.0 Å². The van der Waals surface area contributed by atoms with Crippen molar-refractivity contribution in [1.29, 1.82) is 0 Å². The molecule has 3 heterocycles. The number of halogens is 1. The van der Waals surface area contributed by atoms with Crippen LogP contribution in [0.4, 0.5) is 4.39 Å². The van der Waals surface area contributed by atoms with Crippen molar-refractivity contribution in [2.75, 3.05) is 27.3 Å². The topological polar surface area (TPSA) is 95.3 Å². The number of amides is 1. The molecule has 2 aliphatic rings. The minimum absolute atomic E-state index is 0.166. The SMILES string of the molecule is COc1cnc(OC)c(C2=CC3CN(C(=O)c4ccc(F)cc4-n4nccn4)CC3C2)n1. The molecule has 32 heavy (non-hydrogen) atoms. The zero-order valence-corrected chi connectivity index (χ0v) is 17.6. The van der Waals surface area contributed by atoms with E-state index in [1.165, 1.54) is 41.6 Å². The second kappa shape index (κ2) is 8.03. The van der Waals surface area contributed by atoms with E-state index < -0.39 is 5.82 Å². The van der Waals surface area contributed by atoms with Crippen LogP contribution in [-0.4, -0.2) is 63.1 Å². The Morgan fingerprint density at radius 3 is 2.69 bits per heavy atom. The van der Waals surface area contributed by atoms with E-state index in [2.05, 4.69) is 26.2 Å². The third-order valence-corrected chi connectivity index (χ3v) is 5.92. The molecule has 2 aromatic heterocycles. The van der Waals surface area contributed by atoms with E-state index in [9.17, 15) is 9.18 Å². The highest BCUT2D eigenvalue weighted by Crippen LogP contribution is 2.43. The summed E-state index contributed by atoms with van der Waals surface area (Å²) in [6.07, 6.45) is 7.39. The lowest BCUT2D eigenvalue weighted by Gasteiger charge is -2.19. The third-order valence-electron chi connectivity index (χ3n) is 5.92. The van der Waals surface area contributed by atoms with Gasteiger partial charge in [0.25, 0.3) is 5.91 Å². The van der Waals surface area contributed by atoms with Crippen LogP contribution in [0.3, 0.4) is 0 Å². The number of hydrogen-bond donors (Lipinski definition) is 0. The van der Waals surface area contributed by atoms with Crippen LogP contribution in [0.2, 0.25) is 0 Å². The normalized spacial score (nSPS) is 19.6. The molecule has 9 nitrogen and oxygen atoms in total. The molecule has 0 spiro atoms. The average Bonchev–Trinajstić information content (AvgIpc) is 3.54. The number of rotatable bonds is 5. The van der Waals surface area contributed by atoms with Crippen LogP contribution in [0.15, 0.2) is 42.9 Å². The van der Waals surface area contributed by atoms with Gasteiger partial charge >= 0.3 is 0 Å². The molecule has 164 valence electrons. The summed E-state index contributed by atoms with van der Waals surface area (Å²) in [6, 6.07) is 4.04. The zero-order valence-electron chi connectivity index (χ0n) is 17.6. The Morgan fingerprint density at radius 2 is 1.97 bits per heavy atom. The highest BCUT2D eigenvalue weighted by Gasteiger charge is 2.40. The fourth-order valence-corrected chi connectivity index (χ4v) is 4.43. The second-order valence-corrected chi connectivity index (χ2v) is 7.78. The molecular formula is C22H21FN6O3. The molecule has 1 saturated heterocycles. The third kappa shape index (κ3) is 3.47. The molecular weight excluding hydrogens is 415 g/mol. The predicted octanol–water partition coefficient (Wildman–Crippen LogP) is 2.39. The molecule has 2 atom stereocenters. The highest BCUT2D eigenvalue weighted by molar-refractivity contribution is 5.98. The standard InChI is InChI=1S/C22H21FN6O3/c1-31-19-10-24-21(32-2)20(27-19)13-7-14-11-28(12-15(14)8-13)22(30)17-4-3-16(23)9-18(17)29-25-5-6-26-29/h3-7,9-10,14-15H,8,11-12H2,1-2H3. The maximum Gasteiger partial charge on any atom is 0.256 e. The van der Waals surface area contributed by atoms with Crippen LogP contribution >= 0.6 is 0 Å². The first kappa shape index (κ1) is 20.1. The molecule has 1 aliphatic heterocycles. The van der Waals surface area contributed by atoms with E-state index in [1.54, 1.807) is 19.1 Å². The lowest BCUT2D eigenvalue weighted by atomic mass is 9.99. The zero-order chi connectivity index (χ0) is 22.2. The van der Waals surface area contributed by atoms with E-state index in [0.29, 0.717) is 41.8 Å². The van der Waals surface area contributed by atoms with Crippen molar-refractivity contribution < 1.29 is 18.7 Å². The first-order valence-corrected chi connectivity index (χ1v) is 10.2. The molecule has 0 saturated carbocycles. The molecule has 10 heteroatoms. The van der Waals surface area contributed by atoms with Gasteiger partial charge in [0.2, 0.25) is 11.8 Å². The minimum Gasteiger partial charge on any atom is -0.480 e. The van der Waals surface area contributed by atoms with Gasteiger partial charge in [-0.05, 0) is 36.0 Å². The van der Waals surface area contributed by atoms with Gasteiger partial charge in [0.15, 0.2) is 0 Å². The van der Waals surface area contributed by atoms with Crippen LogP contribution in [0.25, 0.3) is 11.3 Å². The Hall–Kier alpha value is -3.82. The van der Waals surface area contributed by atoms with Crippen molar-refractivity contribution in [1.82, 2.24) is 29.9 Å². The maximum atomic E-state index is 13.9. The largest absolute Gasteiger partial charge is 0.480 e. The minimum atomic E-state index is -0.451. The number of methoxy groups -OCH3 is 2. The van der Waals surface area contributed by atoms with Crippen molar-refractivity contribution in [3.8, 4) is 17.4 Å². The van der Waals surface area contributed by atoms with Gasteiger partial charge in [0.1, 0.15) is 17.2 Å². The van der Waals surface area contributed by atoms with E-state index in [-0.39, 0.29) is 17.7 Å². The summed E-state index contributed by atoms with van der Waals surface area (Å²) in [5.41, 5.74) is 2.40. The molecule has 1 aromatic carbocycles. The predicted molar refractivity (Wildman–Crippen MR) is 112 cm³/mol. The van der Waals surface area contributed by atoms with Crippen molar-refractivity contribution >= 4 is 11.5 Å². The van der Waals surface area contributed by atoms with E-state index in [1.807, 2.05) is 0 Å². The summed E-state index contributed by atoms with van der Waals surface area (Å²) < 4.78 is 24.4. The molecule has 1 aliphatic carbocycles. The van der Waals surface area contributed by atoms with Crippen LogP contribution in [0.1, 0.15) is 22.5 Å². The number of aromatic nitrogens is 5. The summed E-state index contributed by atoms with van der Waals surface area (Å²) in [6.45, 7) is 1.16. The Morgan fingerprint density at radius 1 is 1.16 bits per heavy atom. The smallest absolute Gasteiger partial charge is 0.256 e. The molecule has 5 rings (SSSR count). The number of benzene rings is 1. The molecule has 0 N–H and O–H groups in total. The summed E-state index contributed by atoms with van der Waals surface area (Å²) in [7, 11) is 3.11. The van der Waals surface area contributed by atoms with Gasteiger partial charge < -0.3 is 14.4 Å². The molecule has 2 unspecified atom stereocenters. The Bertz CT molecular complexity index is 1200. The second-order valence-electron chi connectivity index (χ2n) is 7.78. The number of likely N-dealkylation sites (tertiary alicyclic amines) is 1. The van der Waals surface area contributed by atoms with Crippen molar-refractivity contribution in [2.24, 2.45) is 11.8 Å². The van der Waals surface area contributed by atoms with Crippen LogP contribution in [0, 0.1) is 17.7 Å². The number of carbonyl (C=O) groups is 1. The Kier molecular flexibility index (Phi) is 5.04. The number of allylic oxidation sites excluding steroid dienone is 1. The summed E-state index contributed by atoms with van der Waals surface area (Å²) in [5.74, 6) is 0.712. The van der Waals surface area contributed by atoms with Gasteiger partial charge in [-0.3, -0.25) is 4.79 Å². The van der Waals surface area contributed by atoms with Crippen LogP contribution in [0.5, 0.6) is 11.8 Å². The fourth-order valence-electron chi connectivity index (χ4n) is 4.43. The first-order valence-electron chi connectivity index (χ1n) is 10.2. The number of nitrogens with zero attached hydrogens (tertiary/aromatic N) is 6. The Labute approximate surface area is 183 Å². The van der Waals surface area contributed by atoms with Crippen LogP contribution in [-0.2, 0) is 0 Å². The van der Waals surface area contributed by atoms with Gasteiger partial charge in [-0.25, -0.2) is 14.4 Å². The number of hydrogen-bond acceptors (Lipinski definition) is 7. The summed E-state index contributed by atoms with van der Waals surface area (Å²) in [5, 5.41) is 8.10. The van der Waals surface area contributed by atoms with Gasteiger partial charge in [-0.15, -0.1) is 0 Å². The fraction of sp³-hybridized carbons (Fsp3) is 0.318. The van der Waals surface area contributed by atoms with Crippen molar-refractivity contribution in [3.63, 3.8) is 0 Å². The number of ether oxygens (including phenoxy) is 2. The van der Waals surface area contributed by atoms with E-state index >= 15 is 0 Å². The average molecular weight is 436 g/mol. The van der Waals surface area contributed by atoms with Crippen LogP contribution < -0.4 is 9.47 Å². The van der Waals surface area contributed by atoms with Gasteiger partial charge in [0.05, 0.1) is 38.4 Å². The monoisotopic (exact) mass is 436 g/mol. The number of carbonyl (C=O) groups excluding carboxylic acids is 1. The molecule has 0 radical (unpaired) electrons. The lowest BCUT2D eigenvalue weighted by molar-refractivity contribution is 0.0784. The molecule has 3 aromatic rings. The van der Waals surface area contributed by atoms with Crippen molar-refractivity contribution in [3.05, 3.63) is 59.9 Å². The molecule has 1 fully saturated rings. The summed E-state index contributed by atoms with van der Waals surface area (Å²) in [4.78, 5) is 25.1. The highest BCUT2D eigenvalue weighted by atomic mass is 19.1. The van der Waals surface area contributed by atoms with Gasteiger partial charge in [0, 0.05) is 19.2 Å². The molecule has 1 amide bonds. The van der Waals surface area contributed by atoms with E-state index in [4.69, 9.17) is 9.47 Å². The molecule has 0 bridgehead atoms. The Balaban J connectivity index is 1.38. The van der Waals surface area contributed by atoms with Gasteiger partial charge in [-0.1, -0.05) is 6.08 Å². The lowest BCUT2D eigenvalue weighted by Crippen LogP contribution is -2.30. The quantitative estimate of drug-likeness (QED) is 0.606. The summed E-state index contributed by atoms with van der Waals surface area (Å²) >= 11 is 0. The van der Waals surface area contributed by atoms with Crippen molar-refractivity contribution in [2.45, 2.75) is 6.42 Å². The maximum absolute atomic E-state index is 13.9. The number of fused-ring (bicyclic) bond motifs is 1. The van der Waals surface area contributed by atoms with E-state index in [0.717, 1.165) is 12.0 Å².